The van der Waals surface area contributed by atoms with Gasteiger partial charge in [-0.3, -0.25) is 4.79 Å². The normalized spacial score (nSPS) is 18.1. The van der Waals surface area contributed by atoms with Crippen molar-refractivity contribution in [2.75, 3.05) is 26.9 Å². The molecule has 0 saturated carbocycles. The van der Waals surface area contributed by atoms with Gasteiger partial charge in [0.05, 0.1) is 24.3 Å². The summed E-state index contributed by atoms with van der Waals surface area (Å²) >= 11 is 6.43. The Kier molecular flexibility index (Phi) is 9.26. The van der Waals surface area contributed by atoms with Gasteiger partial charge >= 0.3 is 5.97 Å². The van der Waals surface area contributed by atoms with Crippen LogP contribution in [0, 0.1) is 0 Å². The van der Waals surface area contributed by atoms with Gasteiger partial charge in [-0.15, -0.1) is 0 Å². The number of hydrogen-bond acceptors (Lipinski definition) is 8. The number of ketones is 1. The first-order valence-corrected chi connectivity index (χ1v) is 14.6. The lowest BCUT2D eigenvalue weighted by molar-refractivity contribution is -0.140. The van der Waals surface area contributed by atoms with Gasteiger partial charge in [0.25, 0.3) is 0 Å². The maximum absolute atomic E-state index is 13.9. The lowest BCUT2D eigenvalue weighted by atomic mass is 9.71. The number of para-hydroxylation sites is 1. The highest BCUT2D eigenvalue weighted by atomic mass is 35.5. The summed E-state index contributed by atoms with van der Waals surface area (Å²) in [6, 6.07) is 20.2. The van der Waals surface area contributed by atoms with Crippen LogP contribution in [0.2, 0.25) is 5.02 Å². The van der Waals surface area contributed by atoms with Crippen molar-refractivity contribution in [3.63, 3.8) is 0 Å². The molecule has 43 heavy (non-hydrogen) atoms. The first-order valence-electron chi connectivity index (χ1n) is 14.2. The minimum Gasteiger partial charge on any atom is -0.503 e. The zero-order valence-electron chi connectivity index (χ0n) is 24.3. The number of dihydropyridines is 1. The van der Waals surface area contributed by atoms with E-state index in [4.69, 9.17) is 30.5 Å². The number of hydrogen-bond donors (Lipinski definition) is 2. The SMILES string of the molecule is CCOc1cc(C2C(C(=O)OCCOc3ccccc3)=C(C)NC3=C2C(=O)CC(c2ccc(OC)cc2)C3)cc(Cl)c1O. The quantitative estimate of drug-likeness (QED) is 0.202. The molecule has 0 spiro atoms. The molecule has 0 radical (unpaired) electrons. The summed E-state index contributed by atoms with van der Waals surface area (Å²) in [6.07, 6.45) is 0.832. The van der Waals surface area contributed by atoms with Gasteiger partial charge in [-0.25, -0.2) is 4.79 Å². The fourth-order valence-electron chi connectivity index (χ4n) is 5.67. The van der Waals surface area contributed by atoms with Crippen LogP contribution in [-0.4, -0.2) is 43.8 Å². The van der Waals surface area contributed by atoms with Gasteiger partial charge in [0.15, 0.2) is 17.3 Å². The summed E-state index contributed by atoms with van der Waals surface area (Å²) in [5.74, 6) is -0.115. The number of halogens is 1. The molecule has 9 heteroatoms. The number of carbonyl (C=O) groups is 2. The standard InChI is InChI=1S/C34H34ClNO7/c1-4-41-29-19-23(16-26(35)33(29)38)31-30(34(39)43-15-14-42-25-8-6-5-7-9-25)20(2)36-27-17-22(18-28(37)32(27)31)21-10-12-24(40-3)13-11-21/h5-13,16,19,22,31,36,38H,4,14-15,17-18H2,1-3H3. The first-order chi connectivity index (χ1) is 20.8. The number of phenols is 1. The fraction of sp³-hybridized carbons (Fsp3) is 0.294. The number of Topliss-reactive ketones (excluding diaryl/α,β-unsaturated/α-hetero) is 1. The Bertz CT molecular complexity index is 1560. The number of methoxy groups -OCH3 is 1. The summed E-state index contributed by atoms with van der Waals surface area (Å²) in [5.41, 5.74) is 3.65. The average molecular weight is 604 g/mol. The second-order valence-electron chi connectivity index (χ2n) is 10.4. The van der Waals surface area contributed by atoms with Gasteiger partial charge < -0.3 is 29.4 Å². The van der Waals surface area contributed by atoms with E-state index < -0.39 is 11.9 Å². The van der Waals surface area contributed by atoms with Crippen molar-refractivity contribution in [2.24, 2.45) is 0 Å². The predicted molar refractivity (Wildman–Crippen MR) is 163 cm³/mol. The number of phenolic OH excluding ortho intramolecular Hbond substituents is 1. The smallest absolute Gasteiger partial charge is 0.336 e. The molecule has 5 rings (SSSR count). The molecular formula is C34H34ClNO7. The van der Waals surface area contributed by atoms with Crippen LogP contribution in [0.1, 0.15) is 49.7 Å². The van der Waals surface area contributed by atoms with Crippen molar-refractivity contribution in [1.29, 1.82) is 0 Å². The zero-order valence-corrected chi connectivity index (χ0v) is 25.1. The maximum atomic E-state index is 13.9. The molecule has 224 valence electrons. The third kappa shape index (κ3) is 6.49. The number of benzene rings is 3. The van der Waals surface area contributed by atoms with E-state index in [0.29, 0.717) is 41.2 Å². The van der Waals surface area contributed by atoms with Crippen LogP contribution in [0.4, 0.5) is 0 Å². The molecule has 0 bridgehead atoms. The molecule has 1 aliphatic heterocycles. The number of esters is 1. The van der Waals surface area contributed by atoms with E-state index in [1.165, 1.54) is 0 Å². The summed E-state index contributed by atoms with van der Waals surface area (Å²) in [4.78, 5) is 27.6. The summed E-state index contributed by atoms with van der Waals surface area (Å²) < 4.78 is 22.3. The third-order valence-electron chi connectivity index (χ3n) is 7.65. The summed E-state index contributed by atoms with van der Waals surface area (Å²) in [6.45, 7) is 4.05. The molecule has 1 heterocycles. The van der Waals surface area contributed by atoms with Gasteiger partial charge in [0.2, 0.25) is 0 Å². The molecule has 2 N–H and O–H groups in total. The number of rotatable bonds is 10. The molecule has 2 aliphatic rings. The van der Waals surface area contributed by atoms with E-state index in [9.17, 15) is 14.7 Å². The van der Waals surface area contributed by atoms with Crippen LogP contribution in [0.15, 0.2) is 89.3 Å². The Morgan fingerprint density at radius 1 is 0.977 bits per heavy atom. The second-order valence-corrected chi connectivity index (χ2v) is 10.8. The molecular weight excluding hydrogens is 570 g/mol. The molecule has 8 nitrogen and oxygen atoms in total. The highest BCUT2D eigenvalue weighted by Crippen LogP contribution is 2.48. The lowest BCUT2D eigenvalue weighted by Crippen LogP contribution is -2.36. The molecule has 3 aromatic rings. The van der Waals surface area contributed by atoms with E-state index in [0.717, 1.165) is 17.0 Å². The highest BCUT2D eigenvalue weighted by molar-refractivity contribution is 6.32. The molecule has 2 atom stereocenters. The van der Waals surface area contributed by atoms with E-state index in [-0.39, 0.29) is 47.9 Å². The third-order valence-corrected chi connectivity index (χ3v) is 7.94. The number of nitrogens with one attached hydrogen (secondary N) is 1. The van der Waals surface area contributed by atoms with Crippen molar-refractivity contribution in [1.82, 2.24) is 5.32 Å². The number of allylic oxidation sites excluding steroid dienone is 3. The van der Waals surface area contributed by atoms with Crippen LogP contribution in [0.25, 0.3) is 0 Å². The average Bonchev–Trinajstić information content (AvgIpc) is 3.01. The first kappa shape index (κ1) is 30.0. The fourth-order valence-corrected chi connectivity index (χ4v) is 5.89. The topological polar surface area (TPSA) is 103 Å². The van der Waals surface area contributed by atoms with Gasteiger partial charge in [-0.05, 0) is 73.7 Å². The molecule has 0 aromatic heterocycles. The molecule has 1 aliphatic carbocycles. The largest absolute Gasteiger partial charge is 0.503 e. The zero-order chi connectivity index (χ0) is 30.5. The summed E-state index contributed by atoms with van der Waals surface area (Å²) in [5, 5.41) is 13.9. The van der Waals surface area contributed by atoms with Gasteiger partial charge in [-0.1, -0.05) is 41.9 Å². The molecule has 0 amide bonds. The molecule has 2 unspecified atom stereocenters. The van der Waals surface area contributed by atoms with E-state index in [1.54, 1.807) is 33.1 Å². The van der Waals surface area contributed by atoms with Crippen LogP contribution in [-0.2, 0) is 14.3 Å². The van der Waals surface area contributed by atoms with E-state index >= 15 is 0 Å². The van der Waals surface area contributed by atoms with Crippen molar-refractivity contribution in [2.45, 2.75) is 38.5 Å². The maximum Gasteiger partial charge on any atom is 0.336 e. The van der Waals surface area contributed by atoms with Crippen molar-refractivity contribution < 1.29 is 33.6 Å². The Morgan fingerprint density at radius 2 is 1.72 bits per heavy atom. The molecule has 0 saturated heterocycles. The Morgan fingerprint density at radius 3 is 2.42 bits per heavy atom. The minimum absolute atomic E-state index is 0.0111. The van der Waals surface area contributed by atoms with Crippen LogP contribution >= 0.6 is 11.6 Å². The van der Waals surface area contributed by atoms with Crippen molar-refractivity contribution >= 4 is 23.4 Å². The number of aromatic hydroxyl groups is 1. The van der Waals surface area contributed by atoms with E-state index in [2.05, 4.69) is 5.32 Å². The molecule has 3 aromatic carbocycles. The van der Waals surface area contributed by atoms with Crippen LogP contribution < -0.4 is 19.5 Å². The monoisotopic (exact) mass is 603 g/mol. The van der Waals surface area contributed by atoms with Crippen molar-refractivity contribution in [3.8, 4) is 23.0 Å². The Labute approximate surface area is 255 Å². The summed E-state index contributed by atoms with van der Waals surface area (Å²) in [7, 11) is 1.61. The van der Waals surface area contributed by atoms with E-state index in [1.807, 2.05) is 54.6 Å². The van der Waals surface area contributed by atoms with Crippen molar-refractivity contribution in [3.05, 3.63) is 105 Å². The van der Waals surface area contributed by atoms with Crippen LogP contribution in [0.5, 0.6) is 23.0 Å². The van der Waals surface area contributed by atoms with Crippen LogP contribution in [0.3, 0.4) is 0 Å². The number of carbonyl (C=O) groups excluding carboxylic acids is 2. The number of ether oxygens (including phenoxy) is 4. The van der Waals surface area contributed by atoms with Gasteiger partial charge in [0, 0.05) is 29.3 Å². The predicted octanol–water partition coefficient (Wildman–Crippen LogP) is 6.44. The minimum atomic E-state index is -0.777. The molecule has 0 fully saturated rings. The van der Waals surface area contributed by atoms with Gasteiger partial charge in [-0.2, -0.15) is 0 Å². The second kappa shape index (κ2) is 13.3. The Hall–Kier alpha value is -4.43. The Balaban J connectivity index is 1.48. The highest BCUT2D eigenvalue weighted by Gasteiger charge is 2.42. The van der Waals surface area contributed by atoms with Gasteiger partial charge in [0.1, 0.15) is 24.7 Å². The lowest BCUT2D eigenvalue weighted by Gasteiger charge is -2.37.